The van der Waals surface area contributed by atoms with Gasteiger partial charge in [0.1, 0.15) is 0 Å². The molecule has 238 valence electrons. The predicted molar refractivity (Wildman–Crippen MR) is 199 cm³/mol. The Bertz CT molecular complexity index is 2050. The summed E-state index contributed by atoms with van der Waals surface area (Å²) in [6.45, 7) is 4.33. The molecule has 0 saturated carbocycles. The first kappa shape index (κ1) is 30.7. The molecule has 4 nitrogen and oxygen atoms in total. The van der Waals surface area contributed by atoms with Gasteiger partial charge < -0.3 is 19.6 Å². The molecule has 7 aromatic carbocycles. The minimum Gasteiger partial charge on any atom is -0.493 e. The Kier molecular flexibility index (Phi) is 8.22. The zero-order valence-corrected chi connectivity index (χ0v) is 29.1. The molecular formula is C44H31N4Os-3. The second kappa shape index (κ2) is 13.1. The molecule has 0 spiro atoms. The molecule has 0 atom stereocenters. The molecule has 0 radical (unpaired) electrons. The second-order valence-corrected chi connectivity index (χ2v) is 11.9. The molecule has 0 amide bonds. The largest absolute Gasteiger partial charge is 0.493 e. The minimum atomic E-state index is 0. The smallest absolute Gasteiger partial charge is 0.0344 e. The maximum Gasteiger partial charge on any atom is 0.0344 e. The van der Waals surface area contributed by atoms with Crippen LogP contribution in [0.3, 0.4) is 0 Å². The summed E-state index contributed by atoms with van der Waals surface area (Å²) in [5, 5.41) is 0. The number of hydrogen-bond donors (Lipinski definition) is 0. The third kappa shape index (κ3) is 5.67. The molecule has 0 fully saturated rings. The maximum absolute atomic E-state index is 3.75. The van der Waals surface area contributed by atoms with E-state index >= 15 is 0 Å². The molecule has 2 heterocycles. The van der Waals surface area contributed by atoms with E-state index in [9.17, 15) is 0 Å². The van der Waals surface area contributed by atoms with E-state index in [-0.39, 0.29) is 19.8 Å². The van der Waals surface area contributed by atoms with Crippen LogP contribution in [0.1, 0.15) is 0 Å². The van der Waals surface area contributed by atoms with E-state index in [0.29, 0.717) is 0 Å². The van der Waals surface area contributed by atoms with Crippen LogP contribution in [0.4, 0.5) is 45.5 Å². The fourth-order valence-corrected chi connectivity index (χ4v) is 6.63. The summed E-state index contributed by atoms with van der Waals surface area (Å²) in [5.41, 5.74) is 13.5. The van der Waals surface area contributed by atoms with Crippen molar-refractivity contribution in [2.45, 2.75) is 0 Å². The number of nitrogens with zero attached hydrogens (tertiary/aromatic N) is 4. The second-order valence-electron chi connectivity index (χ2n) is 11.9. The molecule has 0 bridgehead atoms. The zero-order chi connectivity index (χ0) is 31.9. The van der Waals surface area contributed by atoms with Gasteiger partial charge in [0.15, 0.2) is 0 Å². The van der Waals surface area contributed by atoms with Gasteiger partial charge in [-0.25, -0.2) is 0 Å². The van der Waals surface area contributed by atoms with E-state index in [1.165, 1.54) is 22.3 Å². The van der Waals surface area contributed by atoms with Crippen molar-refractivity contribution in [2.24, 2.45) is 0 Å². The van der Waals surface area contributed by atoms with E-state index in [0.717, 1.165) is 45.5 Å². The topological polar surface area (TPSA) is 13.0 Å². The van der Waals surface area contributed by atoms with Crippen LogP contribution >= 0.6 is 0 Å². The first-order valence-electron chi connectivity index (χ1n) is 16.2. The molecule has 0 saturated heterocycles. The zero-order valence-electron chi connectivity index (χ0n) is 26.5. The Morgan fingerprint density at radius 2 is 0.633 bits per heavy atom. The Labute approximate surface area is 301 Å². The Morgan fingerprint density at radius 1 is 0.306 bits per heavy atom. The van der Waals surface area contributed by atoms with Crippen LogP contribution in [0.5, 0.6) is 0 Å². The molecule has 5 heteroatoms. The Balaban J connectivity index is 0.00000348. The quantitative estimate of drug-likeness (QED) is 0.155. The Hall–Kier alpha value is -5.62. The van der Waals surface area contributed by atoms with Crippen molar-refractivity contribution in [3.05, 3.63) is 195 Å². The summed E-state index contributed by atoms with van der Waals surface area (Å²) >= 11 is 0. The van der Waals surface area contributed by atoms with Crippen LogP contribution in [0.25, 0.3) is 22.3 Å². The van der Waals surface area contributed by atoms with E-state index in [4.69, 9.17) is 0 Å². The molecule has 9 rings (SSSR count). The van der Waals surface area contributed by atoms with Crippen molar-refractivity contribution in [1.29, 1.82) is 0 Å². The van der Waals surface area contributed by atoms with Gasteiger partial charge in [0.2, 0.25) is 0 Å². The van der Waals surface area contributed by atoms with Crippen LogP contribution in [-0.4, -0.2) is 0 Å². The summed E-state index contributed by atoms with van der Waals surface area (Å²) in [5.74, 6) is 0. The number of benzene rings is 7. The normalized spacial score (nSPS) is 13.2. The fourth-order valence-electron chi connectivity index (χ4n) is 6.63. The van der Waals surface area contributed by atoms with Crippen molar-refractivity contribution in [3.63, 3.8) is 0 Å². The average molecular weight is 806 g/mol. The summed E-state index contributed by atoms with van der Waals surface area (Å²) in [7, 11) is 0. The van der Waals surface area contributed by atoms with Crippen molar-refractivity contribution < 1.29 is 19.8 Å². The van der Waals surface area contributed by atoms with Crippen LogP contribution in [0.15, 0.2) is 176 Å². The van der Waals surface area contributed by atoms with Gasteiger partial charge in [0, 0.05) is 53.9 Å². The molecular weight excluding hydrogens is 775 g/mol. The molecule has 0 N–H and O–H groups in total. The van der Waals surface area contributed by atoms with Gasteiger partial charge in [-0.3, -0.25) is 0 Å². The number of fused-ring (bicyclic) bond motifs is 2. The Morgan fingerprint density at radius 3 is 1.02 bits per heavy atom. The molecule has 0 aromatic heterocycles. The van der Waals surface area contributed by atoms with Crippen LogP contribution in [0.2, 0.25) is 0 Å². The average Bonchev–Trinajstić information content (AvgIpc) is 3.76. The molecule has 0 unspecified atom stereocenters. The third-order valence-electron chi connectivity index (χ3n) is 9.05. The standard InChI is InChI=1S/C44H31N4.Os/c1-3-12-33(13-4-1)35-22-26-37(27-23-35)45-31-47(43-20-9-7-18-41(43)45)39-16-11-17-40(30-39)48-32-46(42-19-8-10-21-44(42)48)38-28-24-36(25-29-38)34-14-5-2-6-15-34;/h1-29,31-32H;/q-3;. The van der Waals surface area contributed by atoms with Gasteiger partial charge in [0.25, 0.3) is 0 Å². The maximum atomic E-state index is 3.75. The first-order valence-corrected chi connectivity index (χ1v) is 16.2. The summed E-state index contributed by atoms with van der Waals surface area (Å²) < 4.78 is 0. The van der Waals surface area contributed by atoms with Gasteiger partial charge in [-0.2, -0.15) is 6.07 Å². The monoisotopic (exact) mass is 807 g/mol. The van der Waals surface area contributed by atoms with Crippen LogP contribution in [-0.2, 0) is 19.8 Å². The number of anilines is 8. The SMILES string of the molecule is [Os].[c-]1c(N2[CH-]N(c3ccc(-c4ccccc4)cc3)c3ccccc32)cccc1N1[CH-]N(c2ccc(-c3ccccc3)cc2)c2ccccc21. The van der Waals surface area contributed by atoms with Crippen molar-refractivity contribution in [3.8, 4) is 22.3 Å². The van der Waals surface area contributed by atoms with E-state index < -0.39 is 0 Å². The summed E-state index contributed by atoms with van der Waals surface area (Å²) in [6, 6.07) is 65.7. The molecule has 7 aromatic rings. The van der Waals surface area contributed by atoms with Gasteiger partial charge in [0.05, 0.1) is 0 Å². The van der Waals surface area contributed by atoms with Crippen molar-refractivity contribution in [1.82, 2.24) is 0 Å². The number of rotatable bonds is 6. The predicted octanol–water partition coefficient (Wildman–Crippen LogP) is 11.6. The van der Waals surface area contributed by atoms with Crippen molar-refractivity contribution >= 4 is 45.5 Å². The van der Waals surface area contributed by atoms with Gasteiger partial charge in [-0.05, 0) is 70.8 Å². The number of para-hydroxylation sites is 4. The summed E-state index contributed by atoms with van der Waals surface area (Å²) in [4.78, 5) is 8.96. The van der Waals surface area contributed by atoms with Gasteiger partial charge in [-0.1, -0.05) is 109 Å². The first-order chi connectivity index (χ1) is 23.8. The number of hydrogen-bond acceptors (Lipinski definition) is 4. The van der Waals surface area contributed by atoms with Gasteiger partial charge in [-0.15, -0.1) is 42.9 Å². The summed E-state index contributed by atoms with van der Waals surface area (Å²) in [6.07, 6.45) is 0. The molecule has 2 aliphatic rings. The molecule has 49 heavy (non-hydrogen) atoms. The van der Waals surface area contributed by atoms with Crippen LogP contribution in [0, 0.1) is 19.4 Å². The third-order valence-corrected chi connectivity index (χ3v) is 9.05. The van der Waals surface area contributed by atoms with E-state index in [2.05, 4.69) is 215 Å². The minimum absolute atomic E-state index is 0. The van der Waals surface area contributed by atoms with Crippen LogP contribution < -0.4 is 19.6 Å². The van der Waals surface area contributed by atoms with E-state index in [1.807, 2.05) is 0 Å². The van der Waals surface area contributed by atoms with Crippen molar-refractivity contribution in [2.75, 3.05) is 19.6 Å². The molecule has 2 aliphatic heterocycles. The van der Waals surface area contributed by atoms with Gasteiger partial charge >= 0.3 is 0 Å². The fraction of sp³-hybridized carbons (Fsp3) is 0. The molecule has 0 aliphatic carbocycles. The van der Waals surface area contributed by atoms with E-state index in [1.54, 1.807) is 0 Å².